The summed E-state index contributed by atoms with van der Waals surface area (Å²) in [5.41, 5.74) is 3.68. The molecule has 2 heterocycles. The Morgan fingerprint density at radius 2 is 1.90 bits per heavy atom. The van der Waals surface area contributed by atoms with Crippen molar-refractivity contribution in [1.29, 1.82) is 0 Å². The van der Waals surface area contributed by atoms with Crippen LogP contribution in [0.2, 0.25) is 0 Å². The highest BCUT2D eigenvalue weighted by Crippen LogP contribution is 2.34. The van der Waals surface area contributed by atoms with E-state index in [2.05, 4.69) is 27.7 Å². The van der Waals surface area contributed by atoms with Gasteiger partial charge in [-0.05, 0) is 56.8 Å². The third-order valence-electron chi connectivity index (χ3n) is 5.60. The molecule has 1 saturated heterocycles. The summed E-state index contributed by atoms with van der Waals surface area (Å²) in [5, 5.41) is 17.2. The first kappa shape index (κ1) is 20.6. The highest BCUT2D eigenvalue weighted by Gasteiger charge is 2.21. The van der Waals surface area contributed by atoms with Crippen molar-refractivity contribution in [2.75, 3.05) is 30.4 Å². The molecule has 0 amide bonds. The number of aliphatic hydroxyl groups excluding tert-OH is 1. The van der Waals surface area contributed by atoms with E-state index in [4.69, 9.17) is 0 Å². The standard InChI is InChI=1S/C24H27N3O2S/c1-16(28)20-5-3-4-6-21(20)22-11-12-23(30-22)24(29)26-17-7-9-19(10-8-17)27-14-13-18(15-27)25-2/h3-12,18,24-26,29H,13-15H2,1-2H3. The summed E-state index contributed by atoms with van der Waals surface area (Å²) in [5.74, 6) is 0.0401. The lowest BCUT2D eigenvalue weighted by Crippen LogP contribution is -2.29. The van der Waals surface area contributed by atoms with Crippen LogP contribution in [0.5, 0.6) is 0 Å². The van der Waals surface area contributed by atoms with Gasteiger partial charge in [-0.15, -0.1) is 11.3 Å². The number of aliphatic hydroxyl groups is 1. The minimum atomic E-state index is -0.806. The zero-order chi connectivity index (χ0) is 21.1. The number of anilines is 2. The summed E-state index contributed by atoms with van der Waals surface area (Å²) in [4.78, 5) is 16.1. The molecule has 0 bridgehead atoms. The smallest absolute Gasteiger partial charge is 0.160 e. The number of rotatable bonds is 7. The topological polar surface area (TPSA) is 64.6 Å². The summed E-state index contributed by atoms with van der Waals surface area (Å²) in [6.45, 7) is 3.65. The molecule has 1 aliphatic rings. The Bertz CT molecular complexity index is 1020. The largest absolute Gasteiger partial charge is 0.370 e. The number of ketones is 1. The number of carbonyl (C=O) groups is 1. The second-order valence-corrected chi connectivity index (χ2v) is 8.73. The summed E-state index contributed by atoms with van der Waals surface area (Å²) >= 11 is 1.49. The van der Waals surface area contributed by atoms with Gasteiger partial charge in [0.1, 0.15) is 0 Å². The molecule has 156 valence electrons. The van der Waals surface area contributed by atoms with Crippen LogP contribution in [0.1, 0.15) is 34.8 Å². The predicted octanol–water partition coefficient (Wildman–Crippen LogP) is 4.52. The second-order valence-electron chi connectivity index (χ2n) is 7.62. The van der Waals surface area contributed by atoms with E-state index in [-0.39, 0.29) is 5.78 Å². The highest BCUT2D eigenvalue weighted by molar-refractivity contribution is 7.15. The molecular weight excluding hydrogens is 394 g/mol. The van der Waals surface area contributed by atoms with Crippen LogP contribution < -0.4 is 15.5 Å². The molecule has 1 fully saturated rings. The average Bonchev–Trinajstić information content (AvgIpc) is 3.44. The van der Waals surface area contributed by atoms with Crippen LogP contribution >= 0.6 is 11.3 Å². The molecular formula is C24H27N3O2S. The highest BCUT2D eigenvalue weighted by atomic mass is 32.1. The maximum atomic E-state index is 11.9. The number of Topliss-reactive ketones (excluding diaryl/α,β-unsaturated/α-hetero) is 1. The molecule has 2 unspecified atom stereocenters. The Kier molecular flexibility index (Phi) is 6.18. The van der Waals surface area contributed by atoms with Crippen molar-refractivity contribution in [3.05, 3.63) is 71.1 Å². The molecule has 0 saturated carbocycles. The molecule has 3 N–H and O–H groups in total. The van der Waals surface area contributed by atoms with Crippen LogP contribution in [0.4, 0.5) is 11.4 Å². The Morgan fingerprint density at radius 1 is 1.13 bits per heavy atom. The van der Waals surface area contributed by atoms with Crippen LogP contribution in [0, 0.1) is 0 Å². The van der Waals surface area contributed by atoms with Crippen molar-refractivity contribution >= 4 is 28.5 Å². The lowest BCUT2D eigenvalue weighted by molar-refractivity contribution is 0.101. The second kappa shape index (κ2) is 9.00. The molecule has 0 radical (unpaired) electrons. The minimum Gasteiger partial charge on any atom is -0.370 e. The van der Waals surface area contributed by atoms with Gasteiger partial charge >= 0.3 is 0 Å². The van der Waals surface area contributed by atoms with Gasteiger partial charge < -0.3 is 20.6 Å². The van der Waals surface area contributed by atoms with E-state index in [1.807, 2.05) is 55.6 Å². The maximum absolute atomic E-state index is 11.9. The molecule has 6 heteroatoms. The first-order chi connectivity index (χ1) is 14.5. The van der Waals surface area contributed by atoms with E-state index in [1.165, 1.54) is 17.0 Å². The zero-order valence-corrected chi connectivity index (χ0v) is 18.1. The quantitative estimate of drug-likeness (QED) is 0.387. The number of thiophene rings is 1. The van der Waals surface area contributed by atoms with Crippen molar-refractivity contribution < 1.29 is 9.90 Å². The fourth-order valence-corrected chi connectivity index (χ4v) is 4.86. The Hall–Kier alpha value is -2.67. The van der Waals surface area contributed by atoms with Gasteiger partial charge in [-0.3, -0.25) is 4.79 Å². The average molecular weight is 422 g/mol. The van der Waals surface area contributed by atoms with Gasteiger partial charge in [0.05, 0.1) is 4.88 Å². The van der Waals surface area contributed by atoms with Crippen molar-refractivity contribution in [3.63, 3.8) is 0 Å². The summed E-state index contributed by atoms with van der Waals surface area (Å²) in [6, 6.07) is 20.2. The molecule has 1 aliphatic heterocycles. The van der Waals surface area contributed by atoms with E-state index in [0.29, 0.717) is 11.6 Å². The van der Waals surface area contributed by atoms with Crippen LogP contribution in [0.15, 0.2) is 60.7 Å². The zero-order valence-electron chi connectivity index (χ0n) is 17.3. The molecule has 0 aliphatic carbocycles. The number of nitrogens with zero attached hydrogens (tertiary/aromatic N) is 1. The SMILES string of the molecule is CNC1CCN(c2ccc(NC(O)c3ccc(-c4ccccc4C(C)=O)s3)cc2)C1. The molecule has 1 aromatic heterocycles. The third kappa shape index (κ3) is 4.41. The number of benzene rings is 2. The number of carbonyl (C=O) groups excluding carboxylic acids is 1. The van der Waals surface area contributed by atoms with Gasteiger partial charge in [-0.1, -0.05) is 24.3 Å². The molecule has 3 aromatic rings. The van der Waals surface area contributed by atoms with E-state index in [1.54, 1.807) is 6.92 Å². The van der Waals surface area contributed by atoms with E-state index >= 15 is 0 Å². The summed E-state index contributed by atoms with van der Waals surface area (Å²) in [6.07, 6.45) is 0.349. The van der Waals surface area contributed by atoms with Crippen molar-refractivity contribution in [2.24, 2.45) is 0 Å². The first-order valence-corrected chi connectivity index (χ1v) is 11.0. The van der Waals surface area contributed by atoms with Gasteiger partial charge in [0.15, 0.2) is 12.0 Å². The maximum Gasteiger partial charge on any atom is 0.160 e. The first-order valence-electron chi connectivity index (χ1n) is 10.2. The van der Waals surface area contributed by atoms with Crippen LogP contribution in [0.3, 0.4) is 0 Å². The molecule has 30 heavy (non-hydrogen) atoms. The minimum absolute atomic E-state index is 0.0401. The van der Waals surface area contributed by atoms with Gasteiger partial charge in [0.25, 0.3) is 0 Å². The molecule has 4 rings (SSSR count). The van der Waals surface area contributed by atoms with Gasteiger partial charge in [-0.25, -0.2) is 0 Å². The van der Waals surface area contributed by atoms with E-state index in [0.717, 1.165) is 40.5 Å². The van der Waals surface area contributed by atoms with Crippen molar-refractivity contribution in [1.82, 2.24) is 5.32 Å². The van der Waals surface area contributed by atoms with Crippen molar-refractivity contribution in [3.8, 4) is 10.4 Å². The lowest BCUT2D eigenvalue weighted by atomic mass is 10.0. The predicted molar refractivity (Wildman–Crippen MR) is 124 cm³/mol. The normalized spacial score (nSPS) is 17.2. The monoisotopic (exact) mass is 421 g/mol. The number of likely N-dealkylation sites (N-methyl/N-ethyl adjacent to an activating group) is 1. The van der Waals surface area contributed by atoms with Crippen molar-refractivity contribution in [2.45, 2.75) is 25.6 Å². The molecule has 5 nitrogen and oxygen atoms in total. The number of hydrogen-bond donors (Lipinski definition) is 3. The third-order valence-corrected chi connectivity index (χ3v) is 6.77. The lowest BCUT2D eigenvalue weighted by Gasteiger charge is -2.19. The number of nitrogens with one attached hydrogen (secondary N) is 2. The summed E-state index contributed by atoms with van der Waals surface area (Å²) < 4.78 is 0. The van der Waals surface area contributed by atoms with E-state index < -0.39 is 6.23 Å². The molecule has 2 atom stereocenters. The van der Waals surface area contributed by atoms with Gasteiger partial charge in [-0.2, -0.15) is 0 Å². The van der Waals surface area contributed by atoms with Gasteiger partial charge in [0, 0.05) is 46.5 Å². The fourth-order valence-electron chi connectivity index (χ4n) is 3.88. The van der Waals surface area contributed by atoms with Gasteiger partial charge in [0.2, 0.25) is 0 Å². The Labute approximate surface area is 181 Å². The fraction of sp³-hybridized carbons (Fsp3) is 0.292. The summed E-state index contributed by atoms with van der Waals surface area (Å²) in [7, 11) is 2.01. The number of hydrogen-bond acceptors (Lipinski definition) is 6. The molecule has 0 spiro atoms. The Morgan fingerprint density at radius 3 is 2.60 bits per heavy atom. The Balaban J connectivity index is 1.44. The van der Waals surface area contributed by atoms with Crippen LogP contribution in [-0.4, -0.2) is 37.1 Å². The molecule has 2 aromatic carbocycles. The van der Waals surface area contributed by atoms with Crippen LogP contribution in [0.25, 0.3) is 10.4 Å². The van der Waals surface area contributed by atoms with E-state index in [9.17, 15) is 9.90 Å². The van der Waals surface area contributed by atoms with Crippen LogP contribution in [-0.2, 0) is 0 Å².